The van der Waals surface area contributed by atoms with E-state index < -0.39 is 11.1 Å². The Balaban J connectivity index is 2.89. The van der Waals surface area contributed by atoms with E-state index in [1.54, 1.807) is 6.08 Å². The lowest BCUT2D eigenvalue weighted by molar-refractivity contribution is 0.569. The molecule has 0 amide bonds. The first-order valence-electron chi connectivity index (χ1n) is 2.88. The third-order valence-corrected chi connectivity index (χ3v) is 2.59. The van der Waals surface area contributed by atoms with Crippen LogP contribution in [0.2, 0.25) is 0 Å². The first-order valence-corrected chi connectivity index (χ1v) is 4.36. The minimum Gasteiger partial charge on any atom is -0.302 e. The van der Waals surface area contributed by atoms with E-state index in [0.717, 1.165) is 6.42 Å². The summed E-state index contributed by atoms with van der Waals surface area (Å²) < 4.78 is 19.1. The van der Waals surface area contributed by atoms with Crippen LogP contribution in [0.3, 0.4) is 0 Å². The molecule has 0 spiro atoms. The molecule has 10 heavy (non-hydrogen) atoms. The van der Waals surface area contributed by atoms with Crippen molar-refractivity contribution in [1.82, 2.24) is 0 Å². The summed E-state index contributed by atoms with van der Waals surface area (Å²) >= 11 is 3.73. The van der Waals surface area contributed by atoms with Gasteiger partial charge in [0.05, 0.1) is 9.94 Å². The SMILES string of the molecule is O=S(O)C1=C(Cl)C=CCC1. The molecule has 0 heterocycles. The molecule has 0 saturated carbocycles. The molecule has 0 aromatic carbocycles. The maximum absolute atomic E-state index is 10.5. The van der Waals surface area contributed by atoms with Crippen LogP contribution >= 0.6 is 11.6 Å². The first kappa shape index (κ1) is 7.98. The van der Waals surface area contributed by atoms with Gasteiger partial charge in [-0.15, -0.1) is 0 Å². The molecule has 1 atom stereocenters. The van der Waals surface area contributed by atoms with Crippen LogP contribution in [0, 0.1) is 0 Å². The maximum atomic E-state index is 10.5. The van der Waals surface area contributed by atoms with E-state index in [0.29, 0.717) is 16.4 Å². The summed E-state index contributed by atoms with van der Waals surface area (Å²) in [5.74, 6) is 0. The minimum absolute atomic E-state index is 0.409. The summed E-state index contributed by atoms with van der Waals surface area (Å²) in [6, 6.07) is 0. The third kappa shape index (κ3) is 1.68. The van der Waals surface area contributed by atoms with Gasteiger partial charge in [0.25, 0.3) is 0 Å². The number of rotatable bonds is 1. The van der Waals surface area contributed by atoms with Crippen molar-refractivity contribution in [2.24, 2.45) is 0 Å². The van der Waals surface area contributed by atoms with Crippen LogP contribution in [0.1, 0.15) is 12.8 Å². The van der Waals surface area contributed by atoms with Gasteiger partial charge in [-0.1, -0.05) is 17.7 Å². The summed E-state index contributed by atoms with van der Waals surface area (Å²) in [6.45, 7) is 0. The highest BCUT2D eigenvalue weighted by atomic mass is 35.5. The summed E-state index contributed by atoms with van der Waals surface area (Å²) in [4.78, 5) is 0.434. The predicted molar refractivity (Wildman–Crippen MR) is 42.0 cm³/mol. The fourth-order valence-corrected chi connectivity index (χ4v) is 1.69. The van der Waals surface area contributed by atoms with E-state index in [9.17, 15) is 4.21 Å². The zero-order valence-electron chi connectivity index (χ0n) is 5.21. The van der Waals surface area contributed by atoms with Crippen molar-refractivity contribution in [2.75, 3.05) is 0 Å². The van der Waals surface area contributed by atoms with Crippen LogP contribution in [0.15, 0.2) is 22.1 Å². The van der Waals surface area contributed by atoms with Gasteiger partial charge in [0.2, 0.25) is 0 Å². The van der Waals surface area contributed by atoms with Crippen LogP contribution in [0.25, 0.3) is 0 Å². The molecule has 0 radical (unpaired) electrons. The van der Waals surface area contributed by atoms with Crippen molar-refractivity contribution in [1.29, 1.82) is 0 Å². The zero-order chi connectivity index (χ0) is 7.56. The van der Waals surface area contributed by atoms with Gasteiger partial charge in [-0.05, 0) is 18.9 Å². The summed E-state index contributed by atoms with van der Waals surface area (Å²) in [5, 5.41) is 0.409. The summed E-state index contributed by atoms with van der Waals surface area (Å²) in [7, 11) is 0. The van der Waals surface area contributed by atoms with Crippen molar-refractivity contribution in [3.05, 3.63) is 22.1 Å². The van der Waals surface area contributed by atoms with Gasteiger partial charge in [0, 0.05) is 0 Å². The normalized spacial score (nSPS) is 21.4. The second kappa shape index (κ2) is 3.32. The molecule has 1 unspecified atom stereocenters. The Bertz CT molecular complexity index is 220. The van der Waals surface area contributed by atoms with Gasteiger partial charge in [-0.3, -0.25) is 0 Å². The van der Waals surface area contributed by atoms with E-state index in [-0.39, 0.29) is 0 Å². The Labute approximate surface area is 66.9 Å². The average Bonchev–Trinajstić information content (AvgIpc) is 1.88. The van der Waals surface area contributed by atoms with Crippen molar-refractivity contribution < 1.29 is 8.76 Å². The van der Waals surface area contributed by atoms with Crippen LogP contribution in [-0.4, -0.2) is 8.76 Å². The molecule has 1 aliphatic carbocycles. The van der Waals surface area contributed by atoms with E-state index >= 15 is 0 Å². The number of hydrogen-bond acceptors (Lipinski definition) is 1. The molecule has 1 aliphatic rings. The van der Waals surface area contributed by atoms with Gasteiger partial charge in [-0.25, -0.2) is 4.21 Å². The molecule has 56 valence electrons. The van der Waals surface area contributed by atoms with Gasteiger partial charge in [0.1, 0.15) is 0 Å². The average molecular weight is 179 g/mol. The molecule has 1 N–H and O–H groups in total. The van der Waals surface area contributed by atoms with Crippen molar-refractivity contribution in [3.63, 3.8) is 0 Å². The van der Waals surface area contributed by atoms with E-state index in [2.05, 4.69) is 0 Å². The minimum atomic E-state index is -1.89. The van der Waals surface area contributed by atoms with Crippen LogP contribution in [0.4, 0.5) is 0 Å². The summed E-state index contributed by atoms with van der Waals surface area (Å²) in [6.07, 6.45) is 4.95. The summed E-state index contributed by atoms with van der Waals surface area (Å²) in [5.41, 5.74) is 0. The lowest BCUT2D eigenvalue weighted by atomic mass is 10.2. The fraction of sp³-hybridized carbons (Fsp3) is 0.333. The van der Waals surface area contributed by atoms with Crippen LogP contribution < -0.4 is 0 Å². The molecule has 0 saturated heterocycles. The van der Waals surface area contributed by atoms with E-state index in [1.807, 2.05) is 6.08 Å². The van der Waals surface area contributed by atoms with E-state index in [1.165, 1.54) is 0 Å². The van der Waals surface area contributed by atoms with Gasteiger partial charge >= 0.3 is 0 Å². The van der Waals surface area contributed by atoms with Crippen molar-refractivity contribution in [3.8, 4) is 0 Å². The van der Waals surface area contributed by atoms with Crippen LogP contribution in [0.5, 0.6) is 0 Å². The highest BCUT2D eigenvalue weighted by Gasteiger charge is 2.10. The molecule has 4 heteroatoms. The Morgan fingerprint density at radius 2 is 2.40 bits per heavy atom. The molecular weight excluding hydrogens is 172 g/mol. The predicted octanol–water partition coefficient (Wildman–Crippen LogP) is 2.01. The lowest BCUT2D eigenvalue weighted by Crippen LogP contribution is -1.97. The molecular formula is C6H7ClO2S. The fourth-order valence-electron chi connectivity index (χ4n) is 0.784. The topological polar surface area (TPSA) is 37.3 Å². The first-order chi connectivity index (χ1) is 4.72. The van der Waals surface area contributed by atoms with Gasteiger partial charge in [0.15, 0.2) is 11.1 Å². The monoisotopic (exact) mass is 178 g/mol. The smallest absolute Gasteiger partial charge is 0.183 e. The molecule has 0 bridgehead atoms. The van der Waals surface area contributed by atoms with E-state index in [4.69, 9.17) is 16.2 Å². The Hall–Kier alpha value is -0.120. The Morgan fingerprint density at radius 1 is 1.70 bits per heavy atom. The molecule has 0 aromatic heterocycles. The largest absolute Gasteiger partial charge is 0.302 e. The lowest BCUT2D eigenvalue weighted by Gasteiger charge is -2.06. The van der Waals surface area contributed by atoms with Crippen molar-refractivity contribution >= 4 is 22.7 Å². The Morgan fingerprint density at radius 3 is 2.80 bits per heavy atom. The van der Waals surface area contributed by atoms with Gasteiger partial charge in [-0.2, -0.15) is 0 Å². The highest BCUT2D eigenvalue weighted by molar-refractivity contribution is 7.83. The Kier molecular flexibility index (Phi) is 2.65. The van der Waals surface area contributed by atoms with Crippen LogP contribution in [-0.2, 0) is 11.1 Å². The second-order valence-electron chi connectivity index (χ2n) is 1.96. The van der Waals surface area contributed by atoms with Crippen molar-refractivity contribution in [2.45, 2.75) is 12.8 Å². The molecule has 0 fully saturated rings. The molecule has 0 aliphatic heterocycles. The molecule has 2 nitrogen and oxygen atoms in total. The number of halogens is 1. The highest BCUT2D eigenvalue weighted by Crippen LogP contribution is 2.23. The quantitative estimate of drug-likeness (QED) is 0.624. The third-order valence-electron chi connectivity index (χ3n) is 1.28. The zero-order valence-corrected chi connectivity index (χ0v) is 6.78. The number of hydrogen-bond donors (Lipinski definition) is 1. The standard InChI is InChI=1S/C6H7ClO2S/c7-5-3-1-2-4-6(5)10(8)9/h1,3H,2,4H2,(H,8,9). The molecule has 0 aromatic rings. The maximum Gasteiger partial charge on any atom is 0.183 e. The van der Waals surface area contributed by atoms with Gasteiger partial charge < -0.3 is 4.55 Å². The second-order valence-corrected chi connectivity index (χ2v) is 3.36. The molecule has 1 rings (SSSR count). The number of allylic oxidation sites excluding steroid dienone is 4.